The second-order valence-corrected chi connectivity index (χ2v) is 9.18. The molecule has 0 amide bonds. The predicted molar refractivity (Wildman–Crippen MR) is 154 cm³/mol. The average Bonchev–Trinajstić information content (AvgIpc) is 3.56. The second kappa shape index (κ2) is 15.0. The maximum atomic E-state index is 12.0. The lowest BCUT2D eigenvalue weighted by atomic mass is 10.4. The minimum atomic E-state index is -1.21. The highest BCUT2D eigenvalue weighted by molar-refractivity contribution is 6.36. The molecule has 16 heteroatoms. The number of pyridine rings is 2. The molecule has 216 valence electrons. The van der Waals surface area contributed by atoms with E-state index in [1.165, 1.54) is 41.3 Å². The molecule has 0 aliphatic rings. The van der Waals surface area contributed by atoms with Gasteiger partial charge in [0.1, 0.15) is 0 Å². The van der Waals surface area contributed by atoms with E-state index in [2.05, 4.69) is 32.0 Å². The van der Waals surface area contributed by atoms with Gasteiger partial charge in [0.25, 0.3) is 0 Å². The number of terminal acetylenes is 2. The molecule has 0 radical (unpaired) electrons. The summed E-state index contributed by atoms with van der Waals surface area (Å²) in [5.41, 5.74) is -0.0423. The van der Waals surface area contributed by atoms with Gasteiger partial charge >= 0.3 is 11.9 Å². The molecular weight excluding hydrogens is 634 g/mol. The number of rotatable bonds is 9. The molecule has 12 nitrogen and oxygen atoms in total. The number of carboxylic acid groups (broad SMARTS) is 1. The summed E-state index contributed by atoms with van der Waals surface area (Å²) in [7, 11) is 0. The molecule has 4 rings (SSSR count). The lowest BCUT2D eigenvalue weighted by molar-refractivity contribution is 0.0515. The first kappa shape index (κ1) is 32.1. The highest BCUT2D eigenvalue weighted by Crippen LogP contribution is 2.26. The Kier molecular flexibility index (Phi) is 11.4. The molecule has 0 aliphatic heterocycles. The standard InChI is InChI=1S/C14H11Cl2N3O3.C12H7Cl2N3O3/c1-3-5-22-12-7-11(14(20)21-4-2)19(18-12)13-10(16)6-9(15)8-17-13;1-2-3-20-10-5-9(12(18)19)17(16-10)11-8(14)4-7(13)6-15-11/h1,6-8H,4-5H2,2H3;1,4-6H,3H2,(H,18,19). The van der Waals surface area contributed by atoms with Crippen molar-refractivity contribution in [3.63, 3.8) is 0 Å². The van der Waals surface area contributed by atoms with E-state index >= 15 is 0 Å². The SMILES string of the molecule is C#CCOc1cc(C(=O)O)n(-c2ncc(Cl)cc2Cl)n1.C#CCOc1cc(C(=O)OCC)n(-c2ncc(Cl)cc2Cl)n1. The largest absolute Gasteiger partial charge is 0.477 e. The van der Waals surface area contributed by atoms with Crippen molar-refractivity contribution in [1.82, 2.24) is 29.5 Å². The minimum absolute atomic E-state index is 0.0149. The first-order chi connectivity index (χ1) is 20.1. The van der Waals surface area contributed by atoms with Crippen molar-refractivity contribution in [2.75, 3.05) is 19.8 Å². The van der Waals surface area contributed by atoms with Gasteiger partial charge in [-0.1, -0.05) is 58.2 Å². The normalized spacial score (nSPS) is 10.1. The first-order valence-corrected chi connectivity index (χ1v) is 13.0. The lowest BCUT2D eigenvalue weighted by Gasteiger charge is -2.07. The van der Waals surface area contributed by atoms with Gasteiger partial charge in [0.05, 0.1) is 26.7 Å². The monoisotopic (exact) mass is 650 g/mol. The number of ether oxygens (including phenoxy) is 3. The van der Waals surface area contributed by atoms with Crippen molar-refractivity contribution < 1.29 is 28.9 Å². The molecule has 4 heterocycles. The Morgan fingerprint density at radius 3 is 1.69 bits per heavy atom. The molecular formula is C26H18Cl4N6O6. The zero-order valence-corrected chi connectivity index (χ0v) is 24.4. The van der Waals surface area contributed by atoms with E-state index in [-0.39, 0.29) is 64.6 Å². The molecule has 0 saturated carbocycles. The maximum absolute atomic E-state index is 12.0. The first-order valence-electron chi connectivity index (χ1n) is 11.4. The zero-order valence-electron chi connectivity index (χ0n) is 21.4. The van der Waals surface area contributed by atoms with Crippen LogP contribution in [0.2, 0.25) is 20.1 Å². The van der Waals surface area contributed by atoms with Crippen LogP contribution in [-0.2, 0) is 4.74 Å². The van der Waals surface area contributed by atoms with Gasteiger partial charge in [-0.05, 0) is 19.1 Å². The average molecular weight is 652 g/mol. The van der Waals surface area contributed by atoms with Gasteiger partial charge in [0.15, 0.2) is 36.2 Å². The third kappa shape index (κ3) is 8.06. The van der Waals surface area contributed by atoms with Crippen LogP contribution in [0, 0.1) is 24.7 Å². The Balaban J connectivity index is 0.000000231. The van der Waals surface area contributed by atoms with Gasteiger partial charge in [-0.2, -0.15) is 0 Å². The molecule has 4 aromatic rings. The van der Waals surface area contributed by atoms with E-state index in [9.17, 15) is 9.59 Å². The number of aromatic carboxylic acids is 1. The molecule has 0 spiro atoms. The lowest BCUT2D eigenvalue weighted by Crippen LogP contribution is -2.13. The highest BCUT2D eigenvalue weighted by atomic mass is 35.5. The van der Waals surface area contributed by atoms with Crippen molar-refractivity contribution in [1.29, 1.82) is 0 Å². The summed E-state index contributed by atoms with van der Waals surface area (Å²) < 4.78 is 17.6. The summed E-state index contributed by atoms with van der Waals surface area (Å²) in [5.74, 6) is 3.35. The van der Waals surface area contributed by atoms with E-state index in [0.29, 0.717) is 10.0 Å². The summed E-state index contributed by atoms with van der Waals surface area (Å²) in [5, 5.41) is 18.3. The molecule has 1 N–H and O–H groups in total. The van der Waals surface area contributed by atoms with Crippen molar-refractivity contribution in [3.05, 3.63) is 68.1 Å². The minimum Gasteiger partial charge on any atom is -0.477 e. The van der Waals surface area contributed by atoms with Crippen molar-refractivity contribution in [2.24, 2.45) is 0 Å². The summed E-state index contributed by atoms with van der Waals surface area (Å²) in [6.45, 7) is 1.90. The Morgan fingerprint density at radius 1 is 0.833 bits per heavy atom. The third-order valence-corrected chi connectivity index (χ3v) is 5.63. The quantitative estimate of drug-likeness (QED) is 0.193. The number of hydrogen-bond donors (Lipinski definition) is 1. The van der Waals surface area contributed by atoms with Crippen LogP contribution in [-0.4, -0.2) is 66.4 Å². The van der Waals surface area contributed by atoms with Crippen LogP contribution in [0.1, 0.15) is 27.9 Å². The van der Waals surface area contributed by atoms with Crippen LogP contribution in [0.4, 0.5) is 0 Å². The number of carboxylic acids is 1. The number of aromatic nitrogens is 6. The van der Waals surface area contributed by atoms with Gasteiger partial charge < -0.3 is 19.3 Å². The number of nitrogens with zero attached hydrogens (tertiary/aromatic N) is 6. The van der Waals surface area contributed by atoms with E-state index in [0.717, 1.165) is 4.68 Å². The summed E-state index contributed by atoms with van der Waals surface area (Å²) >= 11 is 23.6. The van der Waals surface area contributed by atoms with Crippen LogP contribution in [0.5, 0.6) is 11.8 Å². The van der Waals surface area contributed by atoms with Crippen LogP contribution >= 0.6 is 46.4 Å². The number of hydrogen-bond acceptors (Lipinski definition) is 9. The third-order valence-electron chi connectivity index (χ3n) is 4.66. The van der Waals surface area contributed by atoms with Gasteiger partial charge in [0.2, 0.25) is 11.8 Å². The molecule has 0 atom stereocenters. The maximum Gasteiger partial charge on any atom is 0.357 e. The summed E-state index contributed by atoms with van der Waals surface area (Å²) in [4.78, 5) is 31.3. The molecule has 0 unspecified atom stereocenters. The fourth-order valence-corrected chi connectivity index (χ4v) is 3.96. The van der Waals surface area contributed by atoms with Crippen LogP contribution < -0.4 is 9.47 Å². The molecule has 0 bridgehead atoms. The van der Waals surface area contributed by atoms with E-state index in [1.807, 2.05) is 0 Å². The smallest absolute Gasteiger partial charge is 0.357 e. The van der Waals surface area contributed by atoms with Gasteiger partial charge in [-0.3, -0.25) is 0 Å². The zero-order chi connectivity index (χ0) is 30.8. The number of halogens is 4. The van der Waals surface area contributed by atoms with E-state index in [4.69, 9.17) is 78.6 Å². The number of carbonyl (C=O) groups excluding carboxylic acids is 1. The number of carbonyl (C=O) groups is 2. The van der Waals surface area contributed by atoms with E-state index < -0.39 is 11.9 Å². The summed E-state index contributed by atoms with van der Waals surface area (Å²) in [6.07, 6.45) is 12.9. The molecule has 0 aliphatic carbocycles. The fraction of sp³-hybridized carbons (Fsp3) is 0.154. The number of esters is 1. The van der Waals surface area contributed by atoms with Crippen LogP contribution in [0.3, 0.4) is 0 Å². The Morgan fingerprint density at radius 2 is 1.29 bits per heavy atom. The molecule has 0 saturated heterocycles. The summed E-state index contributed by atoms with van der Waals surface area (Å²) in [6, 6.07) is 5.55. The molecule has 4 aromatic heterocycles. The Bertz CT molecular complexity index is 1690. The van der Waals surface area contributed by atoms with Crippen molar-refractivity contribution in [2.45, 2.75) is 6.92 Å². The Labute approximate surface area is 259 Å². The molecule has 0 aromatic carbocycles. The van der Waals surface area contributed by atoms with E-state index in [1.54, 1.807) is 6.92 Å². The van der Waals surface area contributed by atoms with Crippen molar-refractivity contribution in [3.8, 4) is 48.1 Å². The van der Waals surface area contributed by atoms with Crippen LogP contribution in [0.15, 0.2) is 36.7 Å². The predicted octanol–water partition coefficient (Wildman–Crippen LogP) is 5.05. The van der Waals surface area contributed by atoms with Crippen molar-refractivity contribution >= 4 is 58.3 Å². The van der Waals surface area contributed by atoms with Gasteiger partial charge in [-0.15, -0.1) is 23.0 Å². The van der Waals surface area contributed by atoms with Gasteiger partial charge in [-0.25, -0.2) is 28.9 Å². The highest BCUT2D eigenvalue weighted by Gasteiger charge is 2.22. The van der Waals surface area contributed by atoms with Crippen LogP contribution in [0.25, 0.3) is 11.6 Å². The second-order valence-electron chi connectivity index (χ2n) is 7.49. The topological polar surface area (TPSA) is 143 Å². The Hall–Kier alpha value is -4.46. The fourth-order valence-electron chi connectivity index (χ4n) is 3.04. The molecule has 42 heavy (non-hydrogen) atoms. The molecule has 0 fully saturated rings. The van der Waals surface area contributed by atoms with Gasteiger partial charge in [0, 0.05) is 24.5 Å².